The quantitative estimate of drug-likeness (QED) is 0.626. The fraction of sp³-hybridized carbons (Fsp3) is 0.125. The van der Waals surface area contributed by atoms with Crippen LogP contribution in [0.2, 0.25) is 0 Å². The largest absolute Gasteiger partial charge is 0.860 e. The third kappa shape index (κ3) is 0.887. The van der Waals surface area contributed by atoms with Gasteiger partial charge in [-0.15, -0.1) is 0 Å². The molecule has 0 bridgehead atoms. The minimum atomic E-state index is -0.0820. The Kier molecular flexibility index (Phi) is 1.40. The molecule has 0 saturated carbocycles. The Bertz CT molecular complexity index is 356. The number of hydrogen-bond donors (Lipinski definition) is 0. The molecule has 0 unspecified atom stereocenters. The van der Waals surface area contributed by atoms with Gasteiger partial charge in [0.05, 0.1) is 0 Å². The molecule has 0 radical (unpaired) electrons. The van der Waals surface area contributed by atoms with E-state index >= 15 is 0 Å². The van der Waals surface area contributed by atoms with Crippen molar-refractivity contribution in [1.82, 2.24) is 9.55 Å². The van der Waals surface area contributed by atoms with Gasteiger partial charge in [0, 0.05) is 5.69 Å². The van der Waals surface area contributed by atoms with Crippen molar-refractivity contribution in [1.29, 1.82) is 0 Å². The van der Waals surface area contributed by atoms with Crippen molar-refractivity contribution in [3.8, 4) is 11.7 Å². The van der Waals surface area contributed by atoms with E-state index in [2.05, 4.69) is 4.98 Å². The highest BCUT2D eigenvalue weighted by Gasteiger charge is 2.02. The molecule has 0 saturated heterocycles. The summed E-state index contributed by atoms with van der Waals surface area (Å²) in [5, 5.41) is 11.2. The Hall–Kier alpha value is -1.71. The van der Waals surface area contributed by atoms with Gasteiger partial charge < -0.3 is 14.1 Å². The summed E-state index contributed by atoms with van der Waals surface area (Å²) in [5.74, 6) is 0.448. The molecule has 4 nitrogen and oxygen atoms in total. The van der Waals surface area contributed by atoms with E-state index in [0.29, 0.717) is 5.82 Å². The number of oxazole rings is 1. The highest BCUT2D eigenvalue weighted by Crippen LogP contribution is 2.17. The van der Waals surface area contributed by atoms with Gasteiger partial charge in [0.1, 0.15) is 6.26 Å². The molecule has 12 heavy (non-hydrogen) atoms. The molecule has 2 rings (SSSR count). The summed E-state index contributed by atoms with van der Waals surface area (Å²) in [6.45, 7) is 1.84. The Labute approximate surface area is 69.1 Å². The Balaban J connectivity index is 2.60. The van der Waals surface area contributed by atoms with Gasteiger partial charge in [0.15, 0.2) is 12.2 Å². The Morgan fingerprint density at radius 3 is 2.83 bits per heavy atom. The van der Waals surface area contributed by atoms with Gasteiger partial charge in [0.25, 0.3) is 0 Å². The van der Waals surface area contributed by atoms with E-state index in [1.54, 1.807) is 6.07 Å². The van der Waals surface area contributed by atoms with Crippen molar-refractivity contribution in [2.24, 2.45) is 0 Å². The van der Waals surface area contributed by atoms with Gasteiger partial charge in [-0.3, -0.25) is 0 Å². The van der Waals surface area contributed by atoms with E-state index < -0.39 is 0 Å². The molecule has 0 aliphatic heterocycles. The molecule has 2 aromatic rings. The second-order valence-electron chi connectivity index (χ2n) is 2.50. The Morgan fingerprint density at radius 2 is 2.33 bits per heavy atom. The first-order valence-corrected chi connectivity index (χ1v) is 3.53. The van der Waals surface area contributed by atoms with Crippen LogP contribution in [-0.2, 0) is 0 Å². The molecule has 4 heteroatoms. The van der Waals surface area contributed by atoms with E-state index in [1.165, 1.54) is 23.3 Å². The van der Waals surface area contributed by atoms with Crippen molar-refractivity contribution in [2.45, 2.75) is 6.92 Å². The zero-order valence-corrected chi connectivity index (χ0v) is 6.52. The second-order valence-corrected chi connectivity index (χ2v) is 2.50. The van der Waals surface area contributed by atoms with E-state index in [9.17, 15) is 5.11 Å². The summed E-state index contributed by atoms with van der Waals surface area (Å²) >= 11 is 0. The zero-order chi connectivity index (χ0) is 8.55. The van der Waals surface area contributed by atoms with E-state index in [1.807, 2.05) is 6.92 Å². The van der Waals surface area contributed by atoms with E-state index in [4.69, 9.17) is 4.42 Å². The van der Waals surface area contributed by atoms with E-state index in [0.717, 1.165) is 5.69 Å². The zero-order valence-electron chi connectivity index (χ0n) is 6.52. The van der Waals surface area contributed by atoms with Crippen LogP contribution in [0.25, 0.3) is 5.82 Å². The first-order chi connectivity index (χ1) is 5.79. The van der Waals surface area contributed by atoms with Crippen LogP contribution in [0.15, 0.2) is 29.2 Å². The lowest BCUT2D eigenvalue weighted by molar-refractivity contribution is -0.277. The molecule has 0 N–H and O–H groups in total. The molecule has 0 fully saturated rings. The highest BCUT2D eigenvalue weighted by atomic mass is 16.3. The van der Waals surface area contributed by atoms with Crippen LogP contribution in [-0.4, -0.2) is 9.55 Å². The molecule has 0 aliphatic rings. The van der Waals surface area contributed by atoms with Crippen LogP contribution in [0.1, 0.15) is 5.69 Å². The average Bonchev–Trinajstić information content (AvgIpc) is 2.61. The van der Waals surface area contributed by atoms with Crippen LogP contribution >= 0.6 is 0 Å². The average molecular weight is 163 g/mol. The van der Waals surface area contributed by atoms with E-state index in [-0.39, 0.29) is 5.88 Å². The molecule has 0 atom stereocenters. The first-order valence-electron chi connectivity index (χ1n) is 3.53. The van der Waals surface area contributed by atoms with Gasteiger partial charge >= 0.3 is 0 Å². The smallest absolute Gasteiger partial charge is 0.182 e. The SMILES string of the molecule is Cc1ccc([O-])n1-c1cocn1. The van der Waals surface area contributed by atoms with Crippen LogP contribution < -0.4 is 5.11 Å². The molecular weight excluding hydrogens is 156 g/mol. The van der Waals surface area contributed by atoms with Crippen molar-refractivity contribution < 1.29 is 9.52 Å². The highest BCUT2D eigenvalue weighted by molar-refractivity contribution is 5.31. The molecule has 0 spiro atoms. The number of rotatable bonds is 1. The van der Waals surface area contributed by atoms with Crippen LogP contribution in [0.4, 0.5) is 0 Å². The lowest BCUT2D eigenvalue weighted by atomic mass is 10.5. The van der Waals surface area contributed by atoms with Gasteiger partial charge in [-0.1, -0.05) is 6.07 Å². The van der Waals surface area contributed by atoms with Gasteiger partial charge in [-0.2, -0.15) is 4.98 Å². The van der Waals surface area contributed by atoms with Gasteiger partial charge in [0.2, 0.25) is 0 Å². The lowest BCUT2D eigenvalue weighted by Crippen LogP contribution is -2.02. The summed E-state index contributed by atoms with van der Waals surface area (Å²) in [6, 6.07) is 3.25. The third-order valence-electron chi connectivity index (χ3n) is 1.69. The summed E-state index contributed by atoms with van der Waals surface area (Å²) in [5.41, 5.74) is 0.855. The molecule has 0 aliphatic carbocycles. The number of nitrogens with zero attached hydrogens (tertiary/aromatic N) is 2. The molecule has 2 aromatic heterocycles. The van der Waals surface area contributed by atoms with Crippen molar-refractivity contribution in [3.05, 3.63) is 30.5 Å². The lowest BCUT2D eigenvalue weighted by Gasteiger charge is -2.10. The third-order valence-corrected chi connectivity index (χ3v) is 1.69. The maximum atomic E-state index is 11.2. The number of hydrogen-bond acceptors (Lipinski definition) is 3. The number of aryl methyl sites for hydroxylation is 1. The number of aromatic nitrogens is 2. The van der Waals surface area contributed by atoms with Crippen molar-refractivity contribution in [2.75, 3.05) is 0 Å². The van der Waals surface area contributed by atoms with Gasteiger partial charge in [-0.25, -0.2) is 0 Å². The normalized spacial score (nSPS) is 10.4. The Morgan fingerprint density at radius 1 is 1.50 bits per heavy atom. The maximum Gasteiger partial charge on any atom is 0.182 e. The predicted octanol–water partition coefficient (Wildman–Crippen LogP) is 0.847. The molecule has 2 heterocycles. The van der Waals surface area contributed by atoms with Crippen molar-refractivity contribution >= 4 is 0 Å². The molecule has 0 amide bonds. The minimum Gasteiger partial charge on any atom is -0.860 e. The van der Waals surface area contributed by atoms with Gasteiger partial charge in [-0.05, 0) is 18.9 Å². The fourth-order valence-electron chi connectivity index (χ4n) is 1.12. The fourth-order valence-corrected chi connectivity index (χ4v) is 1.12. The molecular formula is C8H7N2O2-. The van der Waals surface area contributed by atoms with Crippen molar-refractivity contribution in [3.63, 3.8) is 0 Å². The standard InChI is InChI=1S/C8H8N2O2/c1-6-2-3-8(11)10(6)7-4-12-5-9-7/h2-5,11H,1H3/p-1. The summed E-state index contributed by atoms with van der Waals surface area (Å²) in [7, 11) is 0. The summed E-state index contributed by atoms with van der Waals surface area (Å²) in [4.78, 5) is 3.88. The second kappa shape index (κ2) is 2.41. The van der Waals surface area contributed by atoms with Crippen LogP contribution in [0, 0.1) is 6.92 Å². The predicted molar refractivity (Wildman–Crippen MR) is 40.0 cm³/mol. The summed E-state index contributed by atoms with van der Waals surface area (Å²) in [6.07, 6.45) is 2.74. The molecule has 0 aromatic carbocycles. The first kappa shape index (κ1) is 6.97. The van der Waals surface area contributed by atoms with Crippen LogP contribution in [0.5, 0.6) is 5.88 Å². The monoisotopic (exact) mass is 163 g/mol. The summed E-state index contributed by atoms with van der Waals surface area (Å²) < 4.78 is 6.27. The topological polar surface area (TPSA) is 54.0 Å². The molecule has 62 valence electrons. The maximum absolute atomic E-state index is 11.2. The van der Waals surface area contributed by atoms with Crippen LogP contribution in [0.3, 0.4) is 0 Å². The minimum absolute atomic E-state index is 0.0820.